The molecule has 0 saturated carbocycles. The molecule has 1 amide bonds. The second-order valence-corrected chi connectivity index (χ2v) is 7.90. The van der Waals surface area contributed by atoms with Crippen molar-refractivity contribution < 1.29 is 19.4 Å². The summed E-state index contributed by atoms with van der Waals surface area (Å²) >= 11 is 1.46. The van der Waals surface area contributed by atoms with E-state index in [1.54, 1.807) is 10.3 Å². The Hall–Kier alpha value is -2.25. The Kier molecular flexibility index (Phi) is 4.50. The van der Waals surface area contributed by atoms with Crippen molar-refractivity contribution in [2.24, 2.45) is 11.3 Å². The summed E-state index contributed by atoms with van der Waals surface area (Å²) in [5.74, 6) is -1.17. The summed E-state index contributed by atoms with van der Waals surface area (Å²) < 4.78 is 5.45. The van der Waals surface area contributed by atoms with E-state index in [-0.39, 0.29) is 18.4 Å². The highest BCUT2D eigenvalue weighted by Crippen LogP contribution is 2.42. The number of nitrogens with zero attached hydrogens (tertiary/aromatic N) is 2. The van der Waals surface area contributed by atoms with E-state index in [2.05, 4.69) is 4.98 Å². The predicted molar refractivity (Wildman–Crippen MR) is 96.3 cm³/mol. The summed E-state index contributed by atoms with van der Waals surface area (Å²) in [6, 6.07) is 9.99. The second-order valence-electron chi connectivity index (χ2n) is 6.96. The number of carbonyl (C=O) groups is 2. The number of hydrogen-bond donors (Lipinski definition) is 1. The molecule has 0 aliphatic carbocycles. The molecule has 1 aromatic carbocycles. The lowest BCUT2D eigenvalue weighted by atomic mass is 9.74. The highest BCUT2D eigenvalue weighted by atomic mass is 32.1. The van der Waals surface area contributed by atoms with Crippen molar-refractivity contribution in [2.75, 3.05) is 26.3 Å². The van der Waals surface area contributed by atoms with Gasteiger partial charge in [-0.25, -0.2) is 4.98 Å². The molecule has 6 nitrogen and oxygen atoms in total. The monoisotopic (exact) mass is 372 g/mol. The molecule has 4 rings (SSSR count). The van der Waals surface area contributed by atoms with Gasteiger partial charge in [0.2, 0.25) is 0 Å². The fraction of sp³-hybridized carbons (Fsp3) is 0.421. The molecule has 7 heteroatoms. The lowest BCUT2D eigenvalue weighted by molar-refractivity contribution is -0.157. The molecule has 2 aliphatic heterocycles. The molecule has 1 N–H and O–H groups in total. The van der Waals surface area contributed by atoms with Crippen LogP contribution in [0.15, 0.2) is 35.7 Å². The average Bonchev–Trinajstić information content (AvgIpc) is 3.27. The molecule has 2 fully saturated rings. The van der Waals surface area contributed by atoms with Crippen molar-refractivity contribution in [2.45, 2.75) is 12.8 Å². The number of likely N-dealkylation sites (tertiary alicyclic amines) is 1. The summed E-state index contributed by atoms with van der Waals surface area (Å²) in [7, 11) is 0. The van der Waals surface area contributed by atoms with E-state index < -0.39 is 11.4 Å². The van der Waals surface area contributed by atoms with E-state index in [0.717, 1.165) is 10.6 Å². The van der Waals surface area contributed by atoms with Gasteiger partial charge in [-0.05, 0) is 12.0 Å². The minimum absolute atomic E-state index is 0.153. The van der Waals surface area contributed by atoms with Crippen molar-refractivity contribution in [3.63, 3.8) is 0 Å². The van der Waals surface area contributed by atoms with Crippen LogP contribution in [-0.2, 0) is 16.0 Å². The van der Waals surface area contributed by atoms with Gasteiger partial charge in [-0.1, -0.05) is 30.3 Å². The van der Waals surface area contributed by atoms with Crippen LogP contribution in [0.5, 0.6) is 0 Å². The maximum atomic E-state index is 12.9. The summed E-state index contributed by atoms with van der Waals surface area (Å²) in [4.78, 5) is 30.8. The first-order valence-electron chi connectivity index (χ1n) is 8.67. The largest absolute Gasteiger partial charge is 0.481 e. The van der Waals surface area contributed by atoms with Crippen LogP contribution in [0.25, 0.3) is 0 Å². The normalized spacial score (nSPS) is 25.1. The summed E-state index contributed by atoms with van der Waals surface area (Å²) in [6.45, 7) is 1.48. The van der Waals surface area contributed by atoms with E-state index in [9.17, 15) is 14.7 Å². The van der Waals surface area contributed by atoms with Crippen LogP contribution in [0.3, 0.4) is 0 Å². The van der Waals surface area contributed by atoms with Crippen LogP contribution >= 0.6 is 11.3 Å². The van der Waals surface area contributed by atoms with Crippen molar-refractivity contribution in [1.29, 1.82) is 0 Å². The smallest absolute Gasteiger partial charge is 0.311 e. The summed E-state index contributed by atoms with van der Waals surface area (Å²) in [5.41, 5.74) is 0.674. The lowest BCUT2D eigenvalue weighted by Gasteiger charge is -2.33. The first kappa shape index (κ1) is 17.2. The molecular weight excluding hydrogens is 352 g/mol. The molecule has 2 atom stereocenters. The Balaban J connectivity index is 1.49. The van der Waals surface area contributed by atoms with Gasteiger partial charge in [-0.15, -0.1) is 11.3 Å². The van der Waals surface area contributed by atoms with Gasteiger partial charge in [0.25, 0.3) is 5.91 Å². The molecule has 3 heterocycles. The molecule has 0 unspecified atom stereocenters. The van der Waals surface area contributed by atoms with Crippen molar-refractivity contribution in [3.05, 3.63) is 52.0 Å². The Labute approximate surface area is 155 Å². The molecule has 2 aliphatic rings. The predicted octanol–water partition coefficient (Wildman–Crippen LogP) is 2.30. The lowest BCUT2D eigenvalue weighted by Crippen LogP contribution is -2.45. The molecule has 26 heavy (non-hydrogen) atoms. The number of aromatic nitrogens is 1. The zero-order chi connectivity index (χ0) is 18.1. The van der Waals surface area contributed by atoms with E-state index in [1.807, 2.05) is 30.3 Å². The number of thiazole rings is 1. The molecule has 0 bridgehead atoms. The first-order chi connectivity index (χ1) is 12.6. The molecular formula is C19H20N2O4S. The Bertz CT molecular complexity index is 822. The van der Waals surface area contributed by atoms with Crippen LogP contribution in [0.4, 0.5) is 0 Å². The zero-order valence-corrected chi connectivity index (χ0v) is 15.1. The third kappa shape index (κ3) is 3.01. The Morgan fingerprint density at radius 1 is 1.35 bits per heavy atom. The molecule has 0 radical (unpaired) electrons. The number of benzene rings is 1. The number of carboxylic acid groups (broad SMARTS) is 1. The van der Waals surface area contributed by atoms with Crippen LogP contribution in [-0.4, -0.2) is 53.2 Å². The van der Waals surface area contributed by atoms with Crippen LogP contribution in [0.1, 0.15) is 27.5 Å². The van der Waals surface area contributed by atoms with Crippen LogP contribution < -0.4 is 0 Å². The maximum Gasteiger partial charge on any atom is 0.311 e. The van der Waals surface area contributed by atoms with Crippen molar-refractivity contribution in [1.82, 2.24) is 9.88 Å². The minimum Gasteiger partial charge on any atom is -0.481 e. The molecule has 2 saturated heterocycles. The molecule has 0 spiro atoms. The van der Waals surface area contributed by atoms with Gasteiger partial charge in [-0.3, -0.25) is 9.59 Å². The topological polar surface area (TPSA) is 79.7 Å². The summed E-state index contributed by atoms with van der Waals surface area (Å²) in [5, 5.41) is 12.4. The van der Waals surface area contributed by atoms with Gasteiger partial charge in [-0.2, -0.15) is 0 Å². The number of hydrogen-bond acceptors (Lipinski definition) is 5. The second kappa shape index (κ2) is 6.81. The number of carboxylic acids is 1. The van der Waals surface area contributed by atoms with E-state index >= 15 is 0 Å². The summed E-state index contributed by atoms with van der Waals surface area (Å²) in [6.07, 6.45) is 1.14. The fourth-order valence-corrected chi connectivity index (χ4v) is 4.68. The van der Waals surface area contributed by atoms with Gasteiger partial charge < -0.3 is 14.7 Å². The van der Waals surface area contributed by atoms with Gasteiger partial charge >= 0.3 is 5.97 Å². The Morgan fingerprint density at radius 3 is 2.88 bits per heavy atom. The third-order valence-corrected chi connectivity index (χ3v) is 6.24. The minimum atomic E-state index is -0.878. The standard InChI is InChI=1S/C19H20N2O4S/c22-17(15-11-26-16(20-15)8-13-4-2-1-3-5-13)21-9-14-10-25-7-6-19(14,12-21)18(23)24/h1-5,11,14H,6-10,12H2,(H,23,24)/t14-,19+/m0/s1. The van der Waals surface area contributed by atoms with E-state index in [1.165, 1.54) is 11.3 Å². The highest BCUT2D eigenvalue weighted by Gasteiger charge is 2.55. The number of amides is 1. The SMILES string of the molecule is O=C(c1csc(Cc2ccccc2)n1)N1C[C@H]2COCC[C@@]2(C(=O)O)C1. The third-order valence-electron chi connectivity index (χ3n) is 5.39. The number of carbonyl (C=O) groups excluding carboxylic acids is 1. The van der Waals surface area contributed by atoms with E-state index in [4.69, 9.17) is 4.74 Å². The van der Waals surface area contributed by atoms with Crippen molar-refractivity contribution >= 4 is 23.2 Å². The molecule has 136 valence electrons. The fourth-order valence-electron chi connectivity index (χ4n) is 3.88. The number of rotatable bonds is 4. The number of fused-ring (bicyclic) bond motifs is 1. The maximum absolute atomic E-state index is 12.9. The molecule has 1 aromatic heterocycles. The van der Waals surface area contributed by atoms with E-state index in [0.29, 0.717) is 38.3 Å². The van der Waals surface area contributed by atoms with Gasteiger partial charge in [0.05, 0.1) is 17.0 Å². The highest BCUT2D eigenvalue weighted by molar-refractivity contribution is 7.09. The Morgan fingerprint density at radius 2 is 2.15 bits per heavy atom. The van der Waals surface area contributed by atoms with Crippen LogP contribution in [0, 0.1) is 11.3 Å². The van der Waals surface area contributed by atoms with Gasteiger partial charge in [0.15, 0.2) is 0 Å². The molecule has 2 aromatic rings. The average molecular weight is 372 g/mol. The number of ether oxygens (including phenoxy) is 1. The van der Waals surface area contributed by atoms with Crippen LogP contribution in [0.2, 0.25) is 0 Å². The van der Waals surface area contributed by atoms with Gasteiger partial charge in [0.1, 0.15) is 5.69 Å². The first-order valence-corrected chi connectivity index (χ1v) is 9.55. The number of aliphatic carboxylic acids is 1. The zero-order valence-electron chi connectivity index (χ0n) is 14.3. The quantitative estimate of drug-likeness (QED) is 0.891. The van der Waals surface area contributed by atoms with Crippen molar-refractivity contribution in [3.8, 4) is 0 Å². The van der Waals surface area contributed by atoms with Gasteiger partial charge in [0, 0.05) is 37.4 Å².